The molecule has 0 aliphatic rings. The highest BCUT2D eigenvalue weighted by atomic mass is 32.2. The van der Waals surface area contributed by atoms with Crippen molar-refractivity contribution in [1.82, 2.24) is 4.89 Å². The third kappa shape index (κ3) is 2.80. The van der Waals surface area contributed by atoms with E-state index in [-0.39, 0.29) is 4.90 Å². The molecule has 1 aromatic carbocycles. The molecular formula is C9H13NO3S. The first kappa shape index (κ1) is 11.2. The highest BCUT2D eigenvalue weighted by molar-refractivity contribution is 7.89. The Kier molecular flexibility index (Phi) is 3.62. The Morgan fingerprint density at radius 1 is 1.29 bits per heavy atom. The van der Waals surface area contributed by atoms with Crippen LogP contribution in [0.2, 0.25) is 0 Å². The maximum absolute atomic E-state index is 11.5. The minimum atomic E-state index is -3.51. The van der Waals surface area contributed by atoms with Gasteiger partial charge in [0, 0.05) is 0 Å². The monoisotopic (exact) mass is 215 g/mol. The van der Waals surface area contributed by atoms with Gasteiger partial charge in [0.2, 0.25) is 0 Å². The number of aryl methyl sites for hydroxylation is 1. The standard InChI is InChI=1S/C9H13NO3S/c1-3-13-10-14(11,12)9-6-4-8(2)5-7-9/h4-7,10H,3H2,1-2H3. The largest absolute Gasteiger partial charge is 0.287 e. The molecule has 0 spiro atoms. The van der Waals surface area contributed by atoms with E-state index in [2.05, 4.69) is 4.84 Å². The van der Waals surface area contributed by atoms with E-state index in [1.54, 1.807) is 19.1 Å². The second-order valence-corrected chi connectivity index (χ2v) is 4.48. The fraction of sp³-hybridized carbons (Fsp3) is 0.333. The average molecular weight is 215 g/mol. The lowest BCUT2D eigenvalue weighted by Crippen LogP contribution is -2.23. The van der Waals surface area contributed by atoms with Crippen molar-refractivity contribution < 1.29 is 13.3 Å². The summed E-state index contributed by atoms with van der Waals surface area (Å²) in [4.78, 5) is 6.87. The molecule has 0 amide bonds. The summed E-state index contributed by atoms with van der Waals surface area (Å²) in [5.74, 6) is 0. The van der Waals surface area contributed by atoms with Crippen molar-refractivity contribution in [3.05, 3.63) is 29.8 Å². The Balaban J connectivity index is 2.87. The molecule has 78 valence electrons. The van der Waals surface area contributed by atoms with Crippen molar-refractivity contribution in [2.24, 2.45) is 0 Å². The van der Waals surface area contributed by atoms with Crippen molar-refractivity contribution in [2.45, 2.75) is 18.7 Å². The minimum absolute atomic E-state index is 0.205. The van der Waals surface area contributed by atoms with Gasteiger partial charge >= 0.3 is 0 Å². The summed E-state index contributed by atoms with van der Waals surface area (Å²) in [6.07, 6.45) is 0. The smallest absolute Gasteiger partial charge is 0.262 e. The number of hydrogen-bond acceptors (Lipinski definition) is 3. The molecule has 0 saturated carbocycles. The number of nitrogens with one attached hydrogen (secondary N) is 1. The molecule has 1 rings (SSSR count). The van der Waals surface area contributed by atoms with Gasteiger partial charge in [-0.2, -0.15) is 0 Å². The third-order valence-electron chi connectivity index (χ3n) is 1.64. The minimum Gasteiger partial charge on any atom is -0.287 e. The predicted octanol–water partition coefficient (Wildman–Crippen LogP) is 1.22. The second kappa shape index (κ2) is 4.54. The van der Waals surface area contributed by atoms with Crippen LogP contribution in [0.1, 0.15) is 12.5 Å². The van der Waals surface area contributed by atoms with Crippen LogP contribution >= 0.6 is 0 Å². The van der Waals surface area contributed by atoms with Gasteiger partial charge < -0.3 is 0 Å². The van der Waals surface area contributed by atoms with Crippen molar-refractivity contribution in [1.29, 1.82) is 0 Å². The lowest BCUT2D eigenvalue weighted by Gasteiger charge is -2.05. The summed E-state index contributed by atoms with van der Waals surface area (Å²) in [6, 6.07) is 6.55. The van der Waals surface area contributed by atoms with E-state index in [0.717, 1.165) is 5.56 Å². The molecule has 0 aliphatic carbocycles. The Morgan fingerprint density at radius 3 is 2.36 bits per heavy atom. The topological polar surface area (TPSA) is 55.4 Å². The summed E-state index contributed by atoms with van der Waals surface area (Å²) in [5, 5.41) is 0. The molecule has 0 aliphatic heterocycles. The lowest BCUT2D eigenvalue weighted by molar-refractivity contribution is 0.105. The van der Waals surface area contributed by atoms with E-state index < -0.39 is 10.0 Å². The molecule has 0 bridgehead atoms. The normalized spacial score (nSPS) is 11.6. The van der Waals surface area contributed by atoms with E-state index >= 15 is 0 Å². The van der Waals surface area contributed by atoms with Crippen LogP contribution in [-0.2, 0) is 14.9 Å². The summed E-state index contributed by atoms with van der Waals surface area (Å²) >= 11 is 0. The molecule has 5 heteroatoms. The van der Waals surface area contributed by atoms with Crippen molar-refractivity contribution in [3.8, 4) is 0 Å². The van der Waals surface area contributed by atoms with Gasteiger partial charge in [-0.15, -0.1) is 0 Å². The Labute approximate surface area is 83.9 Å². The summed E-state index contributed by atoms with van der Waals surface area (Å²) < 4.78 is 22.9. The van der Waals surface area contributed by atoms with Crippen molar-refractivity contribution in [3.63, 3.8) is 0 Å². The van der Waals surface area contributed by atoms with E-state index in [4.69, 9.17) is 0 Å². The third-order valence-corrected chi connectivity index (χ3v) is 2.87. The van der Waals surface area contributed by atoms with Gasteiger partial charge in [0.15, 0.2) is 0 Å². The van der Waals surface area contributed by atoms with Crippen LogP contribution < -0.4 is 4.89 Å². The fourth-order valence-electron chi connectivity index (χ4n) is 0.902. The second-order valence-electron chi connectivity index (χ2n) is 2.83. The van der Waals surface area contributed by atoms with Gasteiger partial charge in [-0.25, -0.2) is 8.42 Å². The Morgan fingerprint density at radius 2 is 1.86 bits per heavy atom. The first-order valence-electron chi connectivity index (χ1n) is 4.26. The van der Waals surface area contributed by atoms with E-state index in [9.17, 15) is 8.42 Å². The summed E-state index contributed by atoms with van der Waals surface area (Å²) in [7, 11) is -3.51. The van der Waals surface area contributed by atoms with E-state index in [1.807, 2.05) is 11.8 Å². The molecule has 0 unspecified atom stereocenters. The van der Waals surface area contributed by atoms with E-state index in [0.29, 0.717) is 6.61 Å². The molecule has 0 saturated heterocycles. The molecule has 0 heterocycles. The summed E-state index contributed by atoms with van der Waals surface area (Å²) in [5.41, 5.74) is 1.01. The van der Waals surface area contributed by atoms with Crippen LogP contribution in [-0.4, -0.2) is 15.0 Å². The molecule has 1 aromatic rings. The van der Waals surface area contributed by atoms with Gasteiger partial charge in [0.1, 0.15) is 0 Å². The maximum atomic E-state index is 11.5. The SMILES string of the molecule is CCONS(=O)(=O)c1ccc(C)cc1. The molecule has 0 aromatic heterocycles. The highest BCUT2D eigenvalue weighted by Crippen LogP contribution is 2.09. The molecule has 1 N–H and O–H groups in total. The Bertz CT molecular complexity index is 383. The molecule has 0 fully saturated rings. The zero-order valence-electron chi connectivity index (χ0n) is 8.15. The van der Waals surface area contributed by atoms with Gasteiger partial charge in [-0.1, -0.05) is 22.6 Å². The first-order chi connectivity index (χ1) is 6.56. The van der Waals surface area contributed by atoms with Gasteiger partial charge in [0.05, 0.1) is 11.5 Å². The van der Waals surface area contributed by atoms with E-state index in [1.165, 1.54) is 12.1 Å². The average Bonchev–Trinajstić information content (AvgIpc) is 2.16. The number of sulfonamides is 1. The summed E-state index contributed by atoms with van der Waals surface area (Å²) in [6.45, 7) is 3.90. The van der Waals surface area contributed by atoms with Crippen LogP contribution in [0.3, 0.4) is 0 Å². The van der Waals surface area contributed by atoms with Crippen LogP contribution in [0, 0.1) is 6.92 Å². The van der Waals surface area contributed by atoms with Gasteiger partial charge in [-0.3, -0.25) is 4.84 Å². The van der Waals surface area contributed by atoms with Crippen LogP contribution in [0.5, 0.6) is 0 Å². The molecule has 14 heavy (non-hydrogen) atoms. The molecule has 4 nitrogen and oxygen atoms in total. The number of rotatable bonds is 4. The number of hydrogen-bond donors (Lipinski definition) is 1. The van der Waals surface area contributed by atoms with Gasteiger partial charge in [-0.05, 0) is 26.0 Å². The highest BCUT2D eigenvalue weighted by Gasteiger charge is 2.12. The van der Waals surface area contributed by atoms with Crippen molar-refractivity contribution >= 4 is 10.0 Å². The van der Waals surface area contributed by atoms with Crippen LogP contribution in [0.25, 0.3) is 0 Å². The Hall–Kier alpha value is -0.910. The molecule has 0 radical (unpaired) electrons. The molecule has 0 atom stereocenters. The van der Waals surface area contributed by atoms with Crippen LogP contribution in [0.15, 0.2) is 29.2 Å². The zero-order valence-corrected chi connectivity index (χ0v) is 8.97. The first-order valence-corrected chi connectivity index (χ1v) is 5.75. The lowest BCUT2D eigenvalue weighted by atomic mass is 10.2. The fourth-order valence-corrected chi connectivity index (χ4v) is 1.77. The van der Waals surface area contributed by atoms with Gasteiger partial charge in [0.25, 0.3) is 10.0 Å². The van der Waals surface area contributed by atoms with Crippen LogP contribution in [0.4, 0.5) is 0 Å². The quantitative estimate of drug-likeness (QED) is 0.768. The zero-order chi connectivity index (χ0) is 10.6. The molecular weight excluding hydrogens is 202 g/mol. The maximum Gasteiger partial charge on any atom is 0.262 e. The predicted molar refractivity (Wildman–Crippen MR) is 53.1 cm³/mol. The van der Waals surface area contributed by atoms with Crippen molar-refractivity contribution in [2.75, 3.05) is 6.61 Å². The number of benzene rings is 1.